The number of ether oxygens (including phenoxy) is 1. The second-order valence-electron chi connectivity index (χ2n) is 5.56. The average molecular weight is 326 g/mol. The van der Waals surface area contributed by atoms with Crippen molar-refractivity contribution in [3.05, 3.63) is 65.2 Å². The highest BCUT2D eigenvalue weighted by Gasteiger charge is 2.06. The van der Waals surface area contributed by atoms with E-state index in [4.69, 9.17) is 4.74 Å². The highest BCUT2D eigenvalue weighted by atomic mass is 16.5. The summed E-state index contributed by atoms with van der Waals surface area (Å²) < 4.78 is 4.78. The number of benzene rings is 2. The zero-order chi connectivity index (χ0) is 17.4. The molecule has 126 valence electrons. The minimum atomic E-state index is -0.210. The average Bonchev–Trinajstić information content (AvgIpc) is 2.56. The number of carbonyl (C=O) groups excluding carboxylic acids is 2. The molecule has 5 heteroatoms. The van der Waals surface area contributed by atoms with E-state index in [1.54, 1.807) is 6.07 Å². The molecule has 0 bridgehead atoms. The Bertz CT molecular complexity index is 713. The molecule has 0 aliphatic heterocycles. The molecular formula is C19H22N2O3. The van der Waals surface area contributed by atoms with E-state index >= 15 is 0 Å². The summed E-state index contributed by atoms with van der Waals surface area (Å²) in [6, 6.07) is 15.2. The van der Waals surface area contributed by atoms with Crippen molar-refractivity contribution in [2.24, 2.45) is 0 Å². The van der Waals surface area contributed by atoms with E-state index in [-0.39, 0.29) is 18.4 Å². The summed E-state index contributed by atoms with van der Waals surface area (Å²) in [6.45, 7) is 2.42. The van der Waals surface area contributed by atoms with E-state index in [1.165, 1.54) is 7.11 Å². The third-order valence-electron chi connectivity index (χ3n) is 3.59. The van der Waals surface area contributed by atoms with Gasteiger partial charge in [0.15, 0.2) is 0 Å². The molecule has 2 aromatic rings. The molecule has 0 aliphatic carbocycles. The summed E-state index contributed by atoms with van der Waals surface area (Å²) >= 11 is 0. The fourth-order valence-corrected chi connectivity index (χ4v) is 2.33. The van der Waals surface area contributed by atoms with Gasteiger partial charge >= 0.3 is 0 Å². The predicted octanol–water partition coefficient (Wildman–Crippen LogP) is 2.44. The first-order valence-corrected chi connectivity index (χ1v) is 7.77. The molecule has 0 spiro atoms. The maximum atomic E-state index is 12.1. The maximum Gasteiger partial charge on any atom is 0.250 e. The molecule has 5 nitrogen and oxygen atoms in total. The lowest BCUT2D eigenvalue weighted by Gasteiger charge is -2.09. The Labute approximate surface area is 142 Å². The number of methoxy groups -OCH3 is 1. The van der Waals surface area contributed by atoms with Crippen LogP contribution in [0.1, 0.15) is 16.7 Å². The minimum Gasteiger partial charge on any atom is -0.375 e. The molecule has 0 fully saturated rings. The lowest BCUT2D eigenvalue weighted by atomic mass is 10.1. The number of hydrogen-bond acceptors (Lipinski definition) is 3. The molecular weight excluding hydrogens is 304 g/mol. The highest BCUT2D eigenvalue weighted by Crippen LogP contribution is 2.11. The van der Waals surface area contributed by atoms with Gasteiger partial charge in [-0.1, -0.05) is 36.4 Å². The fraction of sp³-hybridized carbons (Fsp3) is 0.263. The van der Waals surface area contributed by atoms with Crippen molar-refractivity contribution in [1.29, 1.82) is 0 Å². The number of rotatable bonds is 7. The molecule has 0 atom stereocenters. The van der Waals surface area contributed by atoms with Gasteiger partial charge in [0.25, 0.3) is 0 Å². The molecule has 0 aliphatic rings. The number of aryl methyl sites for hydroxylation is 1. The summed E-state index contributed by atoms with van der Waals surface area (Å²) in [6.07, 6.45) is 0.358. The molecule has 2 rings (SSSR count). The van der Waals surface area contributed by atoms with Crippen molar-refractivity contribution >= 4 is 17.5 Å². The number of carbonyl (C=O) groups is 2. The van der Waals surface area contributed by atoms with Crippen molar-refractivity contribution in [3.8, 4) is 0 Å². The molecule has 0 heterocycles. The largest absolute Gasteiger partial charge is 0.375 e. The minimum absolute atomic E-state index is 0.0113. The van der Waals surface area contributed by atoms with Gasteiger partial charge in [0.05, 0.1) is 6.42 Å². The quantitative estimate of drug-likeness (QED) is 0.821. The number of anilines is 1. The van der Waals surface area contributed by atoms with Crippen LogP contribution in [-0.4, -0.2) is 25.5 Å². The van der Waals surface area contributed by atoms with Gasteiger partial charge < -0.3 is 15.4 Å². The number of amides is 2. The monoisotopic (exact) mass is 326 g/mol. The third-order valence-corrected chi connectivity index (χ3v) is 3.59. The topological polar surface area (TPSA) is 67.4 Å². The van der Waals surface area contributed by atoms with E-state index in [0.717, 1.165) is 16.7 Å². The van der Waals surface area contributed by atoms with E-state index in [9.17, 15) is 9.59 Å². The summed E-state index contributed by atoms with van der Waals surface area (Å²) in [5.74, 6) is -0.239. The summed E-state index contributed by atoms with van der Waals surface area (Å²) in [5.41, 5.74) is 3.73. The molecule has 0 aromatic heterocycles. The highest BCUT2D eigenvalue weighted by molar-refractivity contribution is 5.91. The Hall–Kier alpha value is -2.66. The normalized spacial score (nSPS) is 10.2. The van der Waals surface area contributed by atoms with Crippen molar-refractivity contribution in [2.45, 2.75) is 19.9 Å². The van der Waals surface area contributed by atoms with Gasteiger partial charge in [0, 0.05) is 19.3 Å². The molecule has 24 heavy (non-hydrogen) atoms. The first-order chi connectivity index (χ1) is 11.6. The van der Waals surface area contributed by atoms with E-state index < -0.39 is 0 Å². The lowest BCUT2D eigenvalue weighted by molar-refractivity contribution is -0.121. The summed E-state index contributed by atoms with van der Waals surface area (Å²) in [4.78, 5) is 23.6. The first-order valence-electron chi connectivity index (χ1n) is 7.77. The van der Waals surface area contributed by atoms with Crippen LogP contribution >= 0.6 is 0 Å². The van der Waals surface area contributed by atoms with E-state index in [1.807, 2.05) is 49.4 Å². The van der Waals surface area contributed by atoms with Gasteiger partial charge in [-0.05, 0) is 35.7 Å². The van der Waals surface area contributed by atoms with E-state index in [2.05, 4.69) is 10.6 Å². The van der Waals surface area contributed by atoms with Crippen LogP contribution in [0.15, 0.2) is 48.5 Å². The van der Waals surface area contributed by atoms with Gasteiger partial charge in [-0.3, -0.25) is 9.59 Å². The Morgan fingerprint density at radius 1 is 1.04 bits per heavy atom. The van der Waals surface area contributed by atoms with E-state index in [0.29, 0.717) is 18.7 Å². The van der Waals surface area contributed by atoms with Gasteiger partial charge in [0.1, 0.15) is 6.61 Å². The first kappa shape index (κ1) is 17.7. The molecule has 0 saturated heterocycles. The van der Waals surface area contributed by atoms with Crippen LogP contribution in [0.4, 0.5) is 5.69 Å². The van der Waals surface area contributed by atoms with Crippen LogP contribution in [0.5, 0.6) is 0 Å². The standard InChI is InChI=1S/C19H22N2O3/c1-14-6-3-4-8-16(14)11-18(22)20-12-15-7-5-9-17(10-15)21-19(23)13-24-2/h3-10H,11-13H2,1-2H3,(H,20,22)(H,21,23). The van der Waals surface area contributed by atoms with Crippen LogP contribution in [0.2, 0.25) is 0 Å². The smallest absolute Gasteiger partial charge is 0.250 e. The van der Waals surface area contributed by atoms with Crippen molar-refractivity contribution < 1.29 is 14.3 Å². The maximum absolute atomic E-state index is 12.1. The molecule has 0 unspecified atom stereocenters. The van der Waals surface area contributed by atoms with Crippen LogP contribution < -0.4 is 10.6 Å². The molecule has 0 saturated carbocycles. The Kier molecular flexibility index (Phi) is 6.51. The zero-order valence-corrected chi connectivity index (χ0v) is 14.0. The zero-order valence-electron chi connectivity index (χ0n) is 14.0. The molecule has 2 amide bonds. The number of hydrogen-bond donors (Lipinski definition) is 2. The van der Waals surface area contributed by atoms with Crippen LogP contribution in [0.25, 0.3) is 0 Å². The van der Waals surface area contributed by atoms with Gasteiger partial charge in [-0.2, -0.15) is 0 Å². The molecule has 0 radical (unpaired) electrons. The van der Waals surface area contributed by atoms with Crippen molar-refractivity contribution in [1.82, 2.24) is 5.32 Å². The number of nitrogens with one attached hydrogen (secondary N) is 2. The van der Waals surface area contributed by atoms with Crippen molar-refractivity contribution in [2.75, 3.05) is 19.0 Å². The Morgan fingerprint density at radius 3 is 2.58 bits per heavy atom. The predicted molar refractivity (Wildman–Crippen MR) is 93.7 cm³/mol. The van der Waals surface area contributed by atoms with Crippen LogP contribution in [-0.2, 0) is 27.3 Å². The Morgan fingerprint density at radius 2 is 1.83 bits per heavy atom. The fourth-order valence-electron chi connectivity index (χ4n) is 2.33. The summed E-state index contributed by atoms with van der Waals surface area (Å²) in [5, 5.41) is 5.65. The van der Waals surface area contributed by atoms with Gasteiger partial charge in [-0.15, -0.1) is 0 Å². The second kappa shape index (κ2) is 8.84. The third kappa shape index (κ3) is 5.52. The SMILES string of the molecule is COCC(=O)Nc1cccc(CNC(=O)Cc2ccccc2C)c1. The van der Waals surface area contributed by atoms with Gasteiger partial charge in [-0.25, -0.2) is 0 Å². The molecule has 2 N–H and O–H groups in total. The summed E-state index contributed by atoms with van der Waals surface area (Å²) in [7, 11) is 1.47. The second-order valence-corrected chi connectivity index (χ2v) is 5.56. The molecule has 2 aromatic carbocycles. The van der Waals surface area contributed by atoms with Crippen LogP contribution in [0, 0.1) is 6.92 Å². The lowest BCUT2D eigenvalue weighted by Crippen LogP contribution is -2.25. The Balaban J connectivity index is 1.88. The van der Waals surface area contributed by atoms with Crippen LogP contribution in [0.3, 0.4) is 0 Å². The van der Waals surface area contributed by atoms with Crippen molar-refractivity contribution in [3.63, 3.8) is 0 Å². The van der Waals surface area contributed by atoms with Gasteiger partial charge in [0.2, 0.25) is 11.8 Å².